The van der Waals surface area contributed by atoms with Crippen LogP contribution in [0, 0.1) is 0 Å². The fraction of sp³-hybridized carbons (Fsp3) is 0.438. The number of urea groups is 1. The van der Waals surface area contributed by atoms with Gasteiger partial charge in [0.2, 0.25) is 11.8 Å². The summed E-state index contributed by atoms with van der Waals surface area (Å²) in [4.78, 5) is 38.3. The molecule has 0 bridgehead atoms. The molecule has 1 aromatic rings. The molecule has 1 fully saturated rings. The van der Waals surface area contributed by atoms with Gasteiger partial charge in [-0.25, -0.2) is 4.79 Å². The third-order valence-electron chi connectivity index (χ3n) is 4.34. The highest BCUT2D eigenvalue weighted by molar-refractivity contribution is 6.01. The topological polar surface area (TPSA) is 69.7 Å². The highest BCUT2D eigenvalue weighted by Crippen LogP contribution is 2.33. The third-order valence-corrected chi connectivity index (χ3v) is 4.34. The lowest BCUT2D eigenvalue weighted by Gasteiger charge is -2.22. The van der Waals surface area contributed by atoms with E-state index in [2.05, 4.69) is 11.4 Å². The minimum Gasteiger partial charge on any atom is -0.332 e. The first-order valence-electron chi connectivity index (χ1n) is 7.53. The van der Waals surface area contributed by atoms with Gasteiger partial charge in [-0.1, -0.05) is 24.3 Å². The molecule has 1 unspecified atom stereocenters. The minimum absolute atomic E-state index is 0.0608. The zero-order valence-corrected chi connectivity index (χ0v) is 12.5. The van der Waals surface area contributed by atoms with E-state index in [4.69, 9.17) is 0 Å². The molecule has 0 saturated carbocycles. The Bertz CT molecular complexity index is 613. The third kappa shape index (κ3) is 2.56. The lowest BCUT2D eigenvalue weighted by Crippen LogP contribution is -2.33. The summed E-state index contributed by atoms with van der Waals surface area (Å²) >= 11 is 0. The molecule has 2 aliphatic heterocycles. The van der Waals surface area contributed by atoms with E-state index >= 15 is 0 Å². The second-order valence-electron chi connectivity index (χ2n) is 5.70. The van der Waals surface area contributed by atoms with Gasteiger partial charge >= 0.3 is 6.03 Å². The van der Waals surface area contributed by atoms with Crippen molar-refractivity contribution in [1.82, 2.24) is 15.1 Å². The van der Waals surface area contributed by atoms with Gasteiger partial charge in [-0.2, -0.15) is 0 Å². The predicted molar refractivity (Wildman–Crippen MR) is 79.8 cm³/mol. The number of nitrogens with one attached hydrogen (secondary N) is 1. The minimum atomic E-state index is -0.362. The van der Waals surface area contributed by atoms with Gasteiger partial charge in [-0.3, -0.25) is 14.5 Å². The van der Waals surface area contributed by atoms with Crippen LogP contribution in [-0.4, -0.2) is 40.7 Å². The summed E-state index contributed by atoms with van der Waals surface area (Å²) in [5.41, 5.74) is 2.39. The van der Waals surface area contributed by atoms with Gasteiger partial charge in [0.05, 0.1) is 12.6 Å². The molecule has 1 N–H and O–H groups in total. The van der Waals surface area contributed by atoms with Crippen molar-refractivity contribution >= 4 is 17.8 Å². The van der Waals surface area contributed by atoms with Gasteiger partial charge < -0.3 is 10.2 Å². The van der Waals surface area contributed by atoms with Gasteiger partial charge in [0.1, 0.15) is 0 Å². The molecule has 0 spiro atoms. The normalized spacial score (nSPS) is 20.3. The summed E-state index contributed by atoms with van der Waals surface area (Å²) in [6.45, 7) is 3.03. The fourth-order valence-electron chi connectivity index (χ4n) is 3.09. The molecule has 116 valence electrons. The molecule has 3 rings (SSSR count). The largest absolute Gasteiger partial charge is 0.332 e. The Morgan fingerprint density at radius 3 is 2.77 bits per heavy atom. The second-order valence-corrected chi connectivity index (χ2v) is 5.70. The monoisotopic (exact) mass is 301 g/mol. The molecule has 2 aliphatic rings. The number of amides is 4. The summed E-state index contributed by atoms with van der Waals surface area (Å²) in [7, 11) is 0. The van der Waals surface area contributed by atoms with Crippen LogP contribution >= 0.6 is 0 Å². The molecule has 4 amide bonds. The zero-order chi connectivity index (χ0) is 15.7. The van der Waals surface area contributed by atoms with E-state index in [1.54, 1.807) is 0 Å². The first-order valence-corrected chi connectivity index (χ1v) is 7.53. The van der Waals surface area contributed by atoms with Gasteiger partial charge in [-0.15, -0.1) is 0 Å². The first-order chi connectivity index (χ1) is 10.6. The van der Waals surface area contributed by atoms with Crippen LogP contribution in [0.15, 0.2) is 24.3 Å². The Morgan fingerprint density at radius 2 is 2.09 bits per heavy atom. The van der Waals surface area contributed by atoms with Crippen molar-refractivity contribution in [3.63, 3.8) is 0 Å². The van der Waals surface area contributed by atoms with Crippen molar-refractivity contribution in [2.75, 3.05) is 13.1 Å². The van der Waals surface area contributed by atoms with Crippen LogP contribution in [0.3, 0.4) is 0 Å². The smallest absolute Gasteiger partial charge is 0.324 e. The molecule has 6 heteroatoms. The summed E-state index contributed by atoms with van der Waals surface area (Å²) in [5.74, 6) is -0.157. The maximum absolute atomic E-state index is 12.4. The standard InChI is InChI=1S/C16H19N3O3/c1-11-13-6-3-2-5-12(13)10-19(11)14(20)7-4-8-18-15(21)9-17-16(18)22/h2-3,5-6,11H,4,7-10H2,1H3,(H,17,22). The van der Waals surface area contributed by atoms with Gasteiger partial charge in [0.15, 0.2) is 0 Å². The average Bonchev–Trinajstić information content (AvgIpc) is 3.02. The van der Waals surface area contributed by atoms with E-state index in [0.717, 1.165) is 0 Å². The van der Waals surface area contributed by atoms with E-state index in [0.29, 0.717) is 25.9 Å². The summed E-state index contributed by atoms with van der Waals surface area (Å²) in [5, 5.41) is 2.47. The molecule has 0 radical (unpaired) electrons. The molecule has 2 heterocycles. The molecule has 0 aromatic heterocycles. The van der Waals surface area contributed by atoms with Crippen molar-refractivity contribution in [3.05, 3.63) is 35.4 Å². The number of carbonyl (C=O) groups excluding carboxylic acids is 3. The number of hydrogen-bond acceptors (Lipinski definition) is 3. The summed E-state index contributed by atoms with van der Waals surface area (Å²) in [6.07, 6.45) is 0.840. The Hall–Kier alpha value is -2.37. The van der Waals surface area contributed by atoms with Crippen LogP contribution in [0.5, 0.6) is 0 Å². The van der Waals surface area contributed by atoms with Crippen molar-refractivity contribution in [1.29, 1.82) is 0 Å². The quantitative estimate of drug-likeness (QED) is 0.855. The van der Waals surface area contributed by atoms with E-state index in [-0.39, 0.29) is 30.4 Å². The molecule has 1 aromatic carbocycles. The van der Waals surface area contributed by atoms with Crippen LogP contribution in [0.2, 0.25) is 0 Å². The Kier molecular flexibility index (Phi) is 3.83. The lowest BCUT2D eigenvalue weighted by molar-refractivity contribution is -0.134. The summed E-state index contributed by atoms with van der Waals surface area (Å²) < 4.78 is 0. The van der Waals surface area contributed by atoms with E-state index < -0.39 is 0 Å². The van der Waals surface area contributed by atoms with Crippen LogP contribution in [0.25, 0.3) is 0 Å². The van der Waals surface area contributed by atoms with E-state index in [1.165, 1.54) is 16.0 Å². The van der Waals surface area contributed by atoms with Gasteiger partial charge in [0.25, 0.3) is 0 Å². The number of hydrogen-bond donors (Lipinski definition) is 1. The maximum Gasteiger partial charge on any atom is 0.324 e. The number of nitrogens with zero attached hydrogens (tertiary/aromatic N) is 2. The lowest BCUT2D eigenvalue weighted by atomic mass is 10.1. The highest BCUT2D eigenvalue weighted by Gasteiger charge is 2.31. The van der Waals surface area contributed by atoms with Gasteiger partial charge in [-0.05, 0) is 24.5 Å². The SMILES string of the molecule is CC1c2ccccc2CN1C(=O)CCCN1C(=O)CNC1=O. The second kappa shape index (κ2) is 5.79. The molecule has 0 aliphatic carbocycles. The van der Waals surface area contributed by atoms with Crippen LogP contribution in [-0.2, 0) is 16.1 Å². The van der Waals surface area contributed by atoms with Crippen molar-refractivity contribution < 1.29 is 14.4 Å². The Labute approximate surface area is 129 Å². The van der Waals surface area contributed by atoms with Crippen molar-refractivity contribution in [2.24, 2.45) is 0 Å². The van der Waals surface area contributed by atoms with Gasteiger partial charge in [0, 0.05) is 19.5 Å². The number of benzene rings is 1. The molecule has 1 saturated heterocycles. The van der Waals surface area contributed by atoms with Crippen LogP contribution < -0.4 is 5.32 Å². The molecular formula is C16H19N3O3. The summed E-state index contributed by atoms with van der Waals surface area (Å²) in [6, 6.07) is 7.80. The van der Waals surface area contributed by atoms with Crippen LogP contribution in [0.4, 0.5) is 4.79 Å². The Balaban J connectivity index is 1.53. The number of carbonyl (C=O) groups is 3. The zero-order valence-electron chi connectivity index (χ0n) is 12.5. The van der Waals surface area contributed by atoms with E-state index in [9.17, 15) is 14.4 Å². The van der Waals surface area contributed by atoms with Crippen molar-refractivity contribution in [3.8, 4) is 0 Å². The maximum atomic E-state index is 12.4. The average molecular weight is 301 g/mol. The van der Waals surface area contributed by atoms with E-state index in [1.807, 2.05) is 30.0 Å². The first kappa shape index (κ1) is 14.6. The molecule has 1 atom stereocenters. The fourth-order valence-corrected chi connectivity index (χ4v) is 3.09. The highest BCUT2D eigenvalue weighted by atomic mass is 16.2. The molecule has 6 nitrogen and oxygen atoms in total. The predicted octanol–water partition coefficient (Wildman–Crippen LogP) is 1.42. The number of imide groups is 1. The number of fused-ring (bicyclic) bond motifs is 1. The Morgan fingerprint density at radius 1 is 1.32 bits per heavy atom. The van der Waals surface area contributed by atoms with Crippen molar-refractivity contribution in [2.45, 2.75) is 32.4 Å². The molecular weight excluding hydrogens is 282 g/mol. The van der Waals surface area contributed by atoms with Crippen LogP contribution in [0.1, 0.15) is 36.9 Å². The molecule has 22 heavy (non-hydrogen) atoms. The number of rotatable bonds is 4.